The van der Waals surface area contributed by atoms with Gasteiger partial charge in [0.25, 0.3) is 0 Å². The number of aromatic nitrogens is 2. The van der Waals surface area contributed by atoms with Gasteiger partial charge in [0.15, 0.2) is 0 Å². The molecular formula is C19H19N5O. The number of benzene rings is 2. The summed E-state index contributed by atoms with van der Waals surface area (Å²) in [5.41, 5.74) is 4.55. The van der Waals surface area contributed by atoms with Gasteiger partial charge in [-0.2, -0.15) is 5.26 Å². The van der Waals surface area contributed by atoms with E-state index in [-0.39, 0.29) is 0 Å². The highest BCUT2D eigenvalue weighted by molar-refractivity contribution is 5.55. The van der Waals surface area contributed by atoms with Gasteiger partial charge < -0.3 is 9.75 Å². The number of anilines is 1. The number of nitrogens with two attached hydrogens (primary N) is 1. The van der Waals surface area contributed by atoms with Crippen LogP contribution in [0.25, 0.3) is 5.69 Å². The summed E-state index contributed by atoms with van der Waals surface area (Å²) in [6.45, 7) is 2.41. The Bertz CT molecular complexity index is 906. The molecule has 1 aromatic heterocycles. The third kappa shape index (κ3) is 3.62. The number of hydrazine groups is 1. The topological polar surface area (TPSA) is 80.1 Å². The third-order valence-corrected chi connectivity index (χ3v) is 3.96. The van der Waals surface area contributed by atoms with E-state index in [9.17, 15) is 0 Å². The fourth-order valence-corrected chi connectivity index (χ4v) is 2.57. The molecule has 0 unspecified atom stereocenters. The van der Waals surface area contributed by atoms with E-state index < -0.39 is 0 Å². The van der Waals surface area contributed by atoms with Crippen LogP contribution in [0.3, 0.4) is 0 Å². The Morgan fingerprint density at radius 2 is 1.96 bits per heavy atom. The first-order valence-electron chi connectivity index (χ1n) is 7.84. The van der Waals surface area contributed by atoms with Crippen LogP contribution in [-0.4, -0.2) is 16.8 Å². The van der Waals surface area contributed by atoms with E-state index in [1.807, 2.05) is 49.5 Å². The van der Waals surface area contributed by atoms with Crippen LogP contribution in [0.15, 0.2) is 54.7 Å². The highest BCUT2D eigenvalue weighted by atomic mass is 16.5. The molecule has 0 fully saturated rings. The average molecular weight is 333 g/mol. The zero-order chi connectivity index (χ0) is 17.8. The fraction of sp³-hybridized carbons (Fsp3) is 0.158. The second-order valence-electron chi connectivity index (χ2n) is 5.73. The van der Waals surface area contributed by atoms with E-state index >= 15 is 0 Å². The zero-order valence-corrected chi connectivity index (χ0v) is 14.2. The van der Waals surface area contributed by atoms with Crippen molar-refractivity contribution in [3.63, 3.8) is 0 Å². The molecule has 0 aliphatic heterocycles. The van der Waals surface area contributed by atoms with Crippen LogP contribution in [0.5, 0.6) is 5.88 Å². The second kappa shape index (κ2) is 7.07. The van der Waals surface area contributed by atoms with E-state index in [0.29, 0.717) is 18.1 Å². The number of hydrogen-bond acceptors (Lipinski definition) is 5. The van der Waals surface area contributed by atoms with Gasteiger partial charge >= 0.3 is 0 Å². The van der Waals surface area contributed by atoms with E-state index in [0.717, 1.165) is 22.5 Å². The summed E-state index contributed by atoms with van der Waals surface area (Å²) in [6.07, 6.45) is 1.82. The molecule has 0 saturated carbocycles. The number of rotatable bonds is 5. The third-order valence-electron chi connectivity index (χ3n) is 3.96. The summed E-state index contributed by atoms with van der Waals surface area (Å²) in [4.78, 5) is 0. The van der Waals surface area contributed by atoms with Crippen molar-refractivity contribution in [3.05, 3.63) is 71.4 Å². The Morgan fingerprint density at radius 1 is 1.20 bits per heavy atom. The number of nitrogens with zero attached hydrogens (tertiary/aromatic N) is 4. The number of hydrogen-bond donors (Lipinski definition) is 1. The molecule has 25 heavy (non-hydrogen) atoms. The van der Waals surface area contributed by atoms with Crippen molar-refractivity contribution < 1.29 is 4.74 Å². The van der Waals surface area contributed by atoms with E-state index in [2.05, 4.69) is 11.2 Å². The van der Waals surface area contributed by atoms with Gasteiger partial charge in [0.2, 0.25) is 5.88 Å². The summed E-state index contributed by atoms with van der Waals surface area (Å²) in [5.74, 6) is 6.42. The van der Waals surface area contributed by atoms with E-state index in [4.69, 9.17) is 15.8 Å². The normalized spacial score (nSPS) is 10.3. The molecule has 3 aromatic rings. The van der Waals surface area contributed by atoms with Crippen molar-refractivity contribution in [2.24, 2.45) is 5.84 Å². The minimum atomic E-state index is 0.383. The van der Waals surface area contributed by atoms with Gasteiger partial charge in [0, 0.05) is 24.9 Å². The van der Waals surface area contributed by atoms with Crippen molar-refractivity contribution in [2.75, 3.05) is 12.1 Å². The number of nitriles is 1. The van der Waals surface area contributed by atoms with Crippen molar-refractivity contribution in [2.45, 2.75) is 13.5 Å². The van der Waals surface area contributed by atoms with Crippen LogP contribution in [-0.2, 0) is 6.61 Å². The predicted molar refractivity (Wildman–Crippen MR) is 96.4 cm³/mol. The highest BCUT2D eigenvalue weighted by Gasteiger charge is 2.10. The van der Waals surface area contributed by atoms with Crippen molar-refractivity contribution >= 4 is 5.69 Å². The first-order valence-corrected chi connectivity index (χ1v) is 7.84. The maximum Gasteiger partial charge on any atom is 0.233 e. The van der Waals surface area contributed by atoms with Gasteiger partial charge in [-0.15, -0.1) is 5.10 Å². The average Bonchev–Trinajstić information content (AvgIpc) is 3.09. The van der Waals surface area contributed by atoms with E-state index in [1.165, 1.54) is 0 Å². The SMILES string of the molecule is Cc1cccc(N(C)N)c1COc1ccn(-c2ccc(C#N)cc2)n1. The Hall–Kier alpha value is -3.30. The lowest BCUT2D eigenvalue weighted by Gasteiger charge is -2.18. The summed E-state index contributed by atoms with van der Waals surface area (Å²) in [7, 11) is 1.80. The van der Waals surface area contributed by atoms with Crippen molar-refractivity contribution in [1.82, 2.24) is 9.78 Å². The van der Waals surface area contributed by atoms with Crippen LogP contribution in [0, 0.1) is 18.3 Å². The molecule has 6 heteroatoms. The molecule has 0 spiro atoms. The maximum atomic E-state index is 8.86. The molecule has 0 aliphatic carbocycles. The molecule has 0 aliphatic rings. The molecule has 0 radical (unpaired) electrons. The van der Waals surface area contributed by atoms with Crippen LogP contribution in [0.4, 0.5) is 5.69 Å². The first-order chi connectivity index (χ1) is 12.1. The summed E-state index contributed by atoms with van der Waals surface area (Å²) in [5, 5.41) is 14.9. The molecule has 2 N–H and O–H groups in total. The first kappa shape index (κ1) is 16.6. The smallest absolute Gasteiger partial charge is 0.233 e. The van der Waals surface area contributed by atoms with Crippen LogP contribution in [0.2, 0.25) is 0 Å². The molecule has 0 atom stereocenters. The Labute approximate surface area is 146 Å². The van der Waals surface area contributed by atoms with Crippen LogP contribution in [0.1, 0.15) is 16.7 Å². The molecule has 0 saturated heterocycles. The molecule has 0 bridgehead atoms. The lowest BCUT2D eigenvalue weighted by atomic mass is 10.1. The lowest BCUT2D eigenvalue weighted by Crippen LogP contribution is -2.26. The van der Waals surface area contributed by atoms with Gasteiger partial charge in [-0.3, -0.25) is 0 Å². The lowest BCUT2D eigenvalue weighted by molar-refractivity contribution is 0.291. The van der Waals surface area contributed by atoms with Gasteiger partial charge in [-0.25, -0.2) is 10.5 Å². The minimum Gasteiger partial charge on any atom is -0.472 e. The summed E-state index contributed by atoms with van der Waals surface area (Å²) >= 11 is 0. The van der Waals surface area contributed by atoms with Crippen LogP contribution >= 0.6 is 0 Å². The second-order valence-corrected chi connectivity index (χ2v) is 5.73. The van der Waals surface area contributed by atoms with Gasteiger partial charge in [-0.1, -0.05) is 12.1 Å². The summed E-state index contributed by atoms with van der Waals surface area (Å²) < 4.78 is 7.56. The van der Waals surface area contributed by atoms with Gasteiger partial charge in [0.05, 0.1) is 23.0 Å². The van der Waals surface area contributed by atoms with Gasteiger partial charge in [0.1, 0.15) is 6.61 Å². The highest BCUT2D eigenvalue weighted by Crippen LogP contribution is 2.23. The maximum absolute atomic E-state index is 8.86. The summed E-state index contributed by atoms with van der Waals surface area (Å²) in [6, 6.07) is 17.1. The standard InChI is InChI=1S/C19H19N5O/c1-14-4-3-5-18(23(2)21)17(14)13-25-19-10-11-24(22-19)16-8-6-15(12-20)7-9-16/h3-11H,13,21H2,1-2H3. The van der Waals surface area contributed by atoms with Crippen molar-refractivity contribution in [3.8, 4) is 17.6 Å². The Morgan fingerprint density at radius 3 is 2.64 bits per heavy atom. The minimum absolute atomic E-state index is 0.383. The predicted octanol–water partition coefficient (Wildman–Crippen LogP) is 2.94. The largest absolute Gasteiger partial charge is 0.472 e. The molecule has 1 heterocycles. The molecule has 3 rings (SSSR count). The fourth-order valence-electron chi connectivity index (χ4n) is 2.57. The van der Waals surface area contributed by atoms with Crippen LogP contribution < -0.4 is 15.6 Å². The number of ether oxygens (including phenoxy) is 1. The quantitative estimate of drug-likeness (QED) is 0.573. The number of aryl methyl sites for hydroxylation is 1. The molecule has 126 valence electrons. The Kier molecular flexibility index (Phi) is 4.68. The van der Waals surface area contributed by atoms with Crippen molar-refractivity contribution in [1.29, 1.82) is 5.26 Å². The monoisotopic (exact) mass is 333 g/mol. The molecular weight excluding hydrogens is 314 g/mol. The van der Waals surface area contributed by atoms with E-state index in [1.54, 1.807) is 28.9 Å². The molecule has 6 nitrogen and oxygen atoms in total. The Balaban J connectivity index is 1.75. The molecule has 2 aromatic carbocycles. The van der Waals surface area contributed by atoms with Gasteiger partial charge in [-0.05, 0) is 42.8 Å². The molecule has 0 amide bonds. The zero-order valence-electron chi connectivity index (χ0n) is 14.2.